The molecule has 1 aliphatic rings. The van der Waals surface area contributed by atoms with E-state index < -0.39 is 17.9 Å². The van der Waals surface area contributed by atoms with E-state index in [1.807, 2.05) is 0 Å². The summed E-state index contributed by atoms with van der Waals surface area (Å²) in [5, 5.41) is 0.435. The van der Waals surface area contributed by atoms with Crippen molar-refractivity contribution in [1.82, 2.24) is 0 Å². The number of amides is 1. The number of carbonyl (C=O) groups excluding carboxylic acids is 3. The molecule has 2 aromatic carbocycles. The number of para-hydroxylation sites is 1. The summed E-state index contributed by atoms with van der Waals surface area (Å²) in [6.45, 7) is 0.171. The van der Waals surface area contributed by atoms with Crippen LogP contribution in [-0.4, -0.2) is 38.6 Å². The molecule has 0 aliphatic carbocycles. The number of benzene rings is 2. The number of anilines is 1. The predicted molar refractivity (Wildman–Crippen MR) is 102 cm³/mol. The Morgan fingerprint density at radius 1 is 1.11 bits per heavy atom. The van der Waals surface area contributed by atoms with Crippen LogP contribution in [0.15, 0.2) is 42.5 Å². The molecule has 1 unspecified atom stereocenters. The monoisotopic (exact) mass is 403 g/mol. The number of halogens is 1. The lowest BCUT2D eigenvalue weighted by molar-refractivity contribution is -0.139. The van der Waals surface area contributed by atoms with Gasteiger partial charge in [-0.3, -0.25) is 9.59 Å². The van der Waals surface area contributed by atoms with Crippen molar-refractivity contribution in [1.29, 1.82) is 0 Å². The van der Waals surface area contributed by atoms with Crippen LogP contribution in [-0.2, 0) is 14.3 Å². The molecule has 1 saturated heterocycles. The van der Waals surface area contributed by atoms with Crippen molar-refractivity contribution in [2.75, 3.05) is 25.7 Å². The van der Waals surface area contributed by atoms with E-state index in [1.165, 1.54) is 37.3 Å². The summed E-state index contributed by atoms with van der Waals surface area (Å²) in [6.07, 6.45) is 0.0205. The Morgan fingerprint density at radius 3 is 2.54 bits per heavy atom. The van der Waals surface area contributed by atoms with Gasteiger partial charge >= 0.3 is 11.9 Å². The lowest BCUT2D eigenvalue weighted by Crippen LogP contribution is -2.27. The Balaban J connectivity index is 1.74. The van der Waals surface area contributed by atoms with Crippen LogP contribution in [0.3, 0.4) is 0 Å². The van der Waals surface area contributed by atoms with Gasteiger partial charge in [0.25, 0.3) is 0 Å². The standard InChI is InChI=1S/C20H18ClNO6/c1-26-17-9-12(19(24)27-2)7-8-16(17)28-20(25)13-10-18(23)22(11-13)15-6-4-3-5-14(15)21/h3-9,13H,10-11H2,1-2H3. The molecule has 0 saturated carbocycles. The number of methoxy groups -OCH3 is 2. The van der Waals surface area contributed by atoms with Crippen LogP contribution < -0.4 is 14.4 Å². The molecule has 7 nitrogen and oxygen atoms in total. The van der Waals surface area contributed by atoms with E-state index in [0.717, 1.165) is 0 Å². The van der Waals surface area contributed by atoms with E-state index in [1.54, 1.807) is 24.3 Å². The molecule has 8 heteroatoms. The van der Waals surface area contributed by atoms with Gasteiger partial charge in [-0.2, -0.15) is 0 Å². The summed E-state index contributed by atoms with van der Waals surface area (Å²) >= 11 is 6.15. The number of ether oxygens (including phenoxy) is 3. The molecule has 146 valence electrons. The maximum atomic E-state index is 12.6. The highest BCUT2D eigenvalue weighted by molar-refractivity contribution is 6.33. The molecule has 1 atom stereocenters. The highest BCUT2D eigenvalue weighted by Gasteiger charge is 2.37. The van der Waals surface area contributed by atoms with Gasteiger partial charge in [0.05, 0.1) is 36.4 Å². The van der Waals surface area contributed by atoms with E-state index >= 15 is 0 Å². The average molecular weight is 404 g/mol. The Labute approximate surface area is 166 Å². The summed E-state index contributed by atoms with van der Waals surface area (Å²) in [6, 6.07) is 11.3. The fourth-order valence-corrected chi connectivity index (χ4v) is 3.20. The van der Waals surface area contributed by atoms with Gasteiger partial charge in [-0.1, -0.05) is 23.7 Å². The zero-order valence-corrected chi connectivity index (χ0v) is 16.1. The fraction of sp³-hybridized carbons (Fsp3) is 0.250. The Morgan fingerprint density at radius 2 is 1.86 bits per heavy atom. The third-order valence-corrected chi connectivity index (χ3v) is 4.72. The van der Waals surface area contributed by atoms with Crippen molar-refractivity contribution >= 4 is 35.1 Å². The molecule has 3 rings (SSSR count). The molecule has 1 aliphatic heterocycles. The van der Waals surface area contributed by atoms with Crippen molar-refractivity contribution < 1.29 is 28.6 Å². The van der Waals surface area contributed by atoms with Crippen LogP contribution in [0.1, 0.15) is 16.8 Å². The average Bonchev–Trinajstić information content (AvgIpc) is 3.09. The van der Waals surface area contributed by atoms with Gasteiger partial charge in [0, 0.05) is 13.0 Å². The molecule has 1 amide bonds. The Hall–Kier alpha value is -3.06. The van der Waals surface area contributed by atoms with Crippen LogP contribution in [0.2, 0.25) is 5.02 Å². The number of carbonyl (C=O) groups is 3. The molecule has 2 aromatic rings. The third kappa shape index (κ3) is 3.94. The summed E-state index contributed by atoms with van der Waals surface area (Å²) in [5.74, 6) is -1.58. The van der Waals surface area contributed by atoms with Gasteiger partial charge in [-0.25, -0.2) is 4.79 Å². The van der Waals surface area contributed by atoms with Gasteiger partial charge in [-0.15, -0.1) is 0 Å². The first kappa shape index (κ1) is 19.7. The molecule has 0 radical (unpaired) electrons. The maximum Gasteiger partial charge on any atom is 0.337 e. The second kappa shape index (κ2) is 8.31. The minimum absolute atomic E-state index is 0.0205. The van der Waals surface area contributed by atoms with Crippen molar-refractivity contribution in [3.05, 3.63) is 53.1 Å². The van der Waals surface area contributed by atoms with E-state index in [9.17, 15) is 14.4 Å². The van der Waals surface area contributed by atoms with Crippen molar-refractivity contribution in [2.24, 2.45) is 5.92 Å². The minimum atomic E-state index is -0.645. The first-order chi connectivity index (χ1) is 13.4. The van der Waals surface area contributed by atoms with Gasteiger partial charge in [0.2, 0.25) is 5.91 Å². The first-order valence-corrected chi connectivity index (χ1v) is 8.85. The zero-order chi connectivity index (χ0) is 20.3. The van der Waals surface area contributed by atoms with E-state index in [4.69, 9.17) is 21.1 Å². The lowest BCUT2D eigenvalue weighted by atomic mass is 10.1. The highest BCUT2D eigenvalue weighted by atomic mass is 35.5. The van der Waals surface area contributed by atoms with Crippen LogP contribution >= 0.6 is 11.6 Å². The summed E-state index contributed by atoms with van der Waals surface area (Å²) in [5.41, 5.74) is 0.824. The Kier molecular flexibility index (Phi) is 5.84. The maximum absolute atomic E-state index is 12.6. The second-order valence-electron chi connectivity index (χ2n) is 6.14. The van der Waals surface area contributed by atoms with Crippen molar-refractivity contribution in [3.8, 4) is 11.5 Å². The topological polar surface area (TPSA) is 82.1 Å². The Bertz CT molecular complexity index is 929. The number of esters is 2. The predicted octanol–water partition coefficient (Wildman–Crippen LogP) is 3.09. The van der Waals surface area contributed by atoms with Gasteiger partial charge in [0.1, 0.15) is 0 Å². The molecular weight excluding hydrogens is 386 g/mol. The zero-order valence-electron chi connectivity index (χ0n) is 15.3. The molecule has 0 N–H and O–H groups in total. The normalized spacial score (nSPS) is 16.0. The van der Waals surface area contributed by atoms with Crippen molar-refractivity contribution in [2.45, 2.75) is 6.42 Å². The van der Waals surface area contributed by atoms with E-state index in [-0.39, 0.29) is 35.9 Å². The third-order valence-electron chi connectivity index (χ3n) is 4.40. The van der Waals surface area contributed by atoms with Gasteiger partial charge < -0.3 is 19.1 Å². The quantitative estimate of drug-likeness (QED) is 0.563. The largest absolute Gasteiger partial charge is 0.493 e. The van der Waals surface area contributed by atoms with Crippen LogP contribution in [0.25, 0.3) is 0 Å². The number of nitrogens with zero attached hydrogens (tertiary/aromatic N) is 1. The second-order valence-corrected chi connectivity index (χ2v) is 6.54. The SMILES string of the molecule is COC(=O)c1ccc(OC(=O)C2CC(=O)N(c3ccccc3Cl)C2)c(OC)c1. The minimum Gasteiger partial charge on any atom is -0.493 e. The van der Waals surface area contributed by atoms with E-state index in [2.05, 4.69) is 4.74 Å². The molecule has 1 heterocycles. The number of hydrogen-bond donors (Lipinski definition) is 0. The fourth-order valence-electron chi connectivity index (χ4n) is 2.96. The van der Waals surface area contributed by atoms with Gasteiger partial charge in [0.15, 0.2) is 11.5 Å². The summed E-state index contributed by atoms with van der Waals surface area (Å²) in [7, 11) is 2.66. The number of hydrogen-bond acceptors (Lipinski definition) is 6. The molecule has 1 fully saturated rings. The summed E-state index contributed by atoms with van der Waals surface area (Å²) in [4.78, 5) is 38.0. The smallest absolute Gasteiger partial charge is 0.337 e. The molecule has 0 aromatic heterocycles. The highest BCUT2D eigenvalue weighted by Crippen LogP contribution is 2.33. The van der Waals surface area contributed by atoms with E-state index in [0.29, 0.717) is 10.7 Å². The molecular formula is C20H18ClNO6. The first-order valence-electron chi connectivity index (χ1n) is 8.47. The van der Waals surface area contributed by atoms with Crippen molar-refractivity contribution in [3.63, 3.8) is 0 Å². The van der Waals surface area contributed by atoms with Gasteiger partial charge in [-0.05, 0) is 30.3 Å². The number of rotatable bonds is 5. The molecule has 28 heavy (non-hydrogen) atoms. The lowest BCUT2D eigenvalue weighted by Gasteiger charge is -2.18. The van der Waals surface area contributed by atoms with Crippen LogP contribution in [0.5, 0.6) is 11.5 Å². The van der Waals surface area contributed by atoms with Crippen LogP contribution in [0.4, 0.5) is 5.69 Å². The molecule has 0 bridgehead atoms. The van der Waals surface area contributed by atoms with Crippen LogP contribution in [0, 0.1) is 5.92 Å². The summed E-state index contributed by atoms with van der Waals surface area (Å²) < 4.78 is 15.3. The molecule has 0 spiro atoms.